The minimum Gasteiger partial charge on any atom is -0.338 e. The van der Waals surface area contributed by atoms with E-state index < -0.39 is 10.0 Å². The molecule has 7 heteroatoms. The van der Waals surface area contributed by atoms with Crippen LogP contribution in [0.4, 0.5) is 10.5 Å². The summed E-state index contributed by atoms with van der Waals surface area (Å²) >= 11 is 0. The van der Waals surface area contributed by atoms with Gasteiger partial charge in [0.15, 0.2) is 0 Å². The Balaban J connectivity index is 2.01. The van der Waals surface area contributed by atoms with Gasteiger partial charge in [0, 0.05) is 25.3 Å². The minimum atomic E-state index is -3.45. The molecule has 0 unspecified atom stereocenters. The number of carbonyl (C=O) groups is 1. The zero-order valence-corrected chi connectivity index (χ0v) is 15.2. The van der Waals surface area contributed by atoms with Crippen molar-refractivity contribution in [3.05, 3.63) is 24.3 Å². The third kappa shape index (κ3) is 5.21. The van der Waals surface area contributed by atoms with Gasteiger partial charge in [-0.1, -0.05) is 26.7 Å². The number of anilines is 1. The van der Waals surface area contributed by atoms with Gasteiger partial charge in [0.05, 0.1) is 4.90 Å². The molecular weight excluding hydrogens is 326 g/mol. The quantitative estimate of drug-likeness (QED) is 0.854. The van der Waals surface area contributed by atoms with Crippen molar-refractivity contribution in [3.63, 3.8) is 0 Å². The van der Waals surface area contributed by atoms with Crippen molar-refractivity contribution in [1.82, 2.24) is 9.62 Å². The molecule has 1 aliphatic rings. The molecule has 1 aromatic carbocycles. The van der Waals surface area contributed by atoms with Crippen LogP contribution in [0, 0.1) is 5.92 Å². The van der Waals surface area contributed by atoms with E-state index in [1.54, 1.807) is 28.6 Å². The summed E-state index contributed by atoms with van der Waals surface area (Å²) in [4.78, 5) is 12.0. The number of urea groups is 1. The number of carbonyl (C=O) groups excluding carboxylic acids is 1. The fourth-order valence-corrected chi connectivity index (χ4v) is 4.13. The van der Waals surface area contributed by atoms with Crippen molar-refractivity contribution in [2.75, 3.05) is 25.0 Å². The summed E-state index contributed by atoms with van der Waals surface area (Å²) in [5, 5.41) is 5.46. The van der Waals surface area contributed by atoms with Crippen LogP contribution in [0.3, 0.4) is 0 Å². The number of sulfonamides is 1. The Hall–Kier alpha value is -1.60. The minimum absolute atomic E-state index is 0.275. The van der Waals surface area contributed by atoms with E-state index in [-0.39, 0.29) is 10.9 Å². The Bertz CT molecular complexity index is 634. The molecule has 2 rings (SSSR count). The number of rotatable bonds is 5. The smallest absolute Gasteiger partial charge is 0.319 e. The van der Waals surface area contributed by atoms with Crippen LogP contribution in [0.2, 0.25) is 0 Å². The Morgan fingerprint density at radius 3 is 2.21 bits per heavy atom. The van der Waals surface area contributed by atoms with Gasteiger partial charge in [0.1, 0.15) is 0 Å². The maximum Gasteiger partial charge on any atom is 0.319 e. The molecule has 1 fully saturated rings. The lowest BCUT2D eigenvalue weighted by Crippen LogP contribution is -2.32. The zero-order valence-electron chi connectivity index (χ0n) is 14.4. The van der Waals surface area contributed by atoms with Crippen molar-refractivity contribution in [3.8, 4) is 0 Å². The van der Waals surface area contributed by atoms with Gasteiger partial charge in [0.25, 0.3) is 0 Å². The average molecular weight is 353 g/mol. The van der Waals surface area contributed by atoms with E-state index in [1.165, 1.54) is 0 Å². The van der Waals surface area contributed by atoms with Crippen molar-refractivity contribution >= 4 is 21.7 Å². The first-order valence-corrected chi connectivity index (χ1v) is 9.98. The molecule has 1 aliphatic heterocycles. The fourth-order valence-electron chi connectivity index (χ4n) is 2.61. The van der Waals surface area contributed by atoms with E-state index >= 15 is 0 Å². The second kappa shape index (κ2) is 8.48. The van der Waals surface area contributed by atoms with Gasteiger partial charge in [-0.2, -0.15) is 4.31 Å². The Labute approximate surface area is 144 Å². The third-order valence-corrected chi connectivity index (χ3v) is 5.90. The number of hydrogen-bond donors (Lipinski definition) is 2. The van der Waals surface area contributed by atoms with Gasteiger partial charge in [-0.25, -0.2) is 13.2 Å². The van der Waals surface area contributed by atoms with Crippen LogP contribution in [0.1, 0.15) is 39.5 Å². The number of hydrogen-bond acceptors (Lipinski definition) is 3. The van der Waals surface area contributed by atoms with Crippen LogP contribution in [-0.4, -0.2) is 38.4 Å². The predicted octanol–water partition coefficient (Wildman–Crippen LogP) is 3.03. The summed E-state index contributed by atoms with van der Waals surface area (Å²) in [5.74, 6) is 0.372. The number of nitrogens with one attached hydrogen (secondary N) is 2. The number of nitrogens with zero attached hydrogens (tertiary/aromatic N) is 1. The molecule has 0 atom stereocenters. The van der Waals surface area contributed by atoms with E-state index in [4.69, 9.17) is 0 Å². The van der Waals surface area contributed by atoms with Crippen LogP contribution >= 0.6 is 0 Å². The fraction of sp³-hybridized carbons (Fsp3) is 0.588. The standard InChI is InChI=1S/C17H27N3O3S/c1-14(2)13-18-17(21)19-15-7-9-16(10-8-15)24(22,23)20-11-5-3-4-6-12-20/h7-10,14H,3-6,11-13H2,1-2H3,(H2,18,19,21). The first-order valence-electron chi connectivity index (χ1n) is 8.54. The van der Waals surface area contributed by atoms with Gasteiger partial charge in [-0.05, 0) is 43.0 Å². The summed E-state index contributed by atoms with van der Waals surface area (Å²) in [6.07, 6.45) is 3.99. The van der Waals surface area contributed by atoms with E-state index in [2.05, 4.69) is 10.6 Å². The van der Waals surface area contributed by atoms with Gasteiger partial charge in [-0.15, -0.1) is 0 Å². The predicted molar refractivity (Wildman–Crippen MR) is 95.5 cm³/mol. The van der Waals surface area contributed by atoms with Gasteiger partial charge in [-0.3, -0.25) is 0 Å². The van der Waals surface area contributed by atoms with E-state index in [0.29, 0.717) is 31.2 Å². The summed E-state index contributed by atoms with van der Waals surface area (Å²) < 4.78 is 26.9. The summed E-state index contributed by atoms with van der Waals surface area (Å²) in [6.45, 7) is 5.79. The highest BCUT2D eigenvalue weighted by Crippen LogP contribution is 2.21. The lowest BCUT2D eigenvalue weighted by atomic mass is 10.2. The highest BCUT2D eigenvalue weighted by Gasteiger charge is 2.24. The molecule has 0 aliphatic carbocycles. The molecular formula is C17H27N3O3S. The van der Waals surface area contributed by atoms with E-state index in [0.717, 1.165) is 25.7 Å². The van der Waals surface area contributed by atoms with Gasteiger partial charge in [0.2, 0.25) is 10.0 Å². The Morgan fingerprint density at radius 1 is 1.08 bits per heavy atom. The molecule has 0 radical (unpaired) electrons. The first kappa shape index (κ1) is 18.7. The Morgan fingerprint density at radius 2 is 1.67 bits per heavy atom. The highest BCUT2D eigenvalue weighted by atomic mass is 32.2. The molecule has 0 saturated carbocycles. The first-order chi connectivity index (χ1) is 11.4. The van der Waals surface area contributed by atoms with Crippen molar-refractivity contribution < 1.29 is 13.2 Å². The molecule has 1 heterocycles. The largest absolute Gasteiger partial charge is 0.338 e. The number of amides is 2. The molecule has 2 amide bonds. The molecule has 0 aromatic heterocycles. The molecule has 24 heavy (non-hydrogen) atoms. The molecule has 0 spiro atoms. The lowest BCUT2D eigenvalue weighted by Gasteiger charge is -2.20. The molecule has 1 saturated heterocycles. The van der Waals surface area contributed by atoms with Crippen LogP contribution in [-0.2, 0) is 10.0 Å². The zero-order chi connectivity index (χ0) is 17.6. The van der Waals surface area contributed by atoms with Gasteiger partial charge >= 0.3 is 6.03 Å². The third-order valence-electron chi connectivity index (χ3n) is 3.99. The molecule has 2 N–H and O–H groups in total. The topological polar surface area (TPSA) is 78.5 Å². The molecule has 134 valence electrons. The molecule has 6 nitrogen and oxygen atoms in total. The lowest BCUT2D eigenvalue weighted by molar-refractivity contribution is 0.251. The summed E-state index contributed by atoms with van der Waals surface area (Å²) in [7, 11) is -3.45. The van der Waals surface area contributed by atoms with Crippen molar-refractivity contribution in [1.29, 1.82) is 0 Å². The van der Waals surface area contributed by atoms with E-state index in [1.807, 2.05) is 13.8 Å². The summed E-state index contributed by atoms with van der Waals surface area (Å²) in [5.41, 5.74) is 0.575. The van der Waals surface area contributed by atoms with Crippen LogP contribution in [0.25, 0.3) is 0 Å². The Kier molecular flexibility index (Phi) is 6.62. The van der Waals surface area contributed by atoms with Crippen molar-refractivity contribution in [2.45, 2.75) is 44.4 Å². The molecule has 0 bridgehead atoms. The normalized spacial score (nSPS) is 16.6. The highest BCUT2D eigenvalue weighted by molar-refractivity contribution is 7.89. The van der Waals surface area contributed by atoms with Crippen LogP contribution < -0.4 is 10.6 Å². The second-order valence-corrected chi connectivity index (χ2v) is 8.51. The average Bonchev–Trinajstić information content (AvgIpc) is 2.83. The summed E-state index contributed by atoms with van der Waals surface area (Å²) in [6, 6.07) is 6.07. The second-order valence-electron chi connectivity index (χ2n) is 6.57. The van der Waals surface area contributed by atoms with Gasteiger partial charge < -0.3 is 10.6 Å². The van der Waals surface area contributed by atoms with Crippen LogP contribution in [0.5, 0.6) is 0 Å². The van der Waals surface area contributed by atoms with E-state index in [9.17, 15) is 13.2 Å². The SMILES string of the molecule is CC(C)CNC(=O)Nc1ccc(S(=O)(=O)N2CCCCCC2)cc1. The number of benzene rings is 1. The van der Waals surface area contributed by atoms with Crippen LogP contribution in [0.15, 0.2) is 29.2 Å². The van der Waals surface area contributed by atoms with Crippen molar-refractivity contribution in [2.24, 2.45) is 5.92 Å². The molecule has 1 aromatic rings. The maximum absolute atomic E-state index is 12.7. The monoisotopic (exact) mass is 353 g/mol. The maximum atomic E-state index is 12.7.